The van der Waals surface area contributed by atoms with E-state index in [0.29, 0.717) is 32.5 Å². The van der Waals surface area contributed by atoms with Crippen LogP contribution in [0.15, 0.2) is 24.3 Å². The molecule has 6 heteroatoms. The Kier molecular flexibility index (Phi) is 6.46. The summed E-state index contributed by atoms with van der Waals surface area (Å²) in [6, 6.07) is 7.53. The first-order chi connectivity index (χ1) is 11.5. The van der Waals surface area contributed by atoms with Crippen LogP contribution in [0.2, 0.25) is 0 Å². The number of methoxy groups -OCH3 is 1. The van der Waals surface area contributed by atoms with E-state index in [1.54, 1.807) is 12.0 Å². The minimum absolute atomic E-state index is 0.0454. The molecule has 1 aromatic carbocycles. The SMILES string of the molecule is COc1ccc(OCCCNC(=O)C2CC(=O)N(C(C)C)C2)cc1. The minimum atomic E-state index is -0.234. The molecule has 2 rings (SSSR count). The summed E-state index contributed by atoms with van der Waals surface area (Å²) in [6.45, 7) is 5.52. The summed E-state index contributed by atoms with van der Waals surface area (Å²) < 4.78 is 10.7. The summed E-state index contributed by atoms with van der Waals surface area (Å²) in [6.07, 6.45) is 1.03. The van der Waals surface area contributed by atoms with Crippen LogP contribution in [-0.2, 0) is 9.59 Å². The fourth-order valence-electron chi connectivity index (χ4n) is 2.70. The molecule has 1 unspecified atom stereocenters. The molecule has 0 spiro atoms. The van der Waals surface area contributed by atoms with Gasteiger partial charge in [-0.05, 0) is 44.5 Å². The molecule has 0 bridgehead atoms. The Hall–Kier alpha value is -2.24. The van der Waals surface area contributed by atoms with E-state index in [-0.39, 0.29) is 23.8 Å². The zero-order valence-electron chi connectivity index (χ0n) is 14.6. The molecule has 0 saturated carbocycles. The van der Waals surface area contributed by atoms with Crippen LogP contribution in [-0.4, -0.2) is 49.6 Å². The Bertz CT molecular complexity index is 557. The van der Waals surface area contributed by atoms with Gasteiger partial charge in [-0.15, -0.1) is 0 Å². The second kappa shape index (κ2) is 8.57. The second-order valence-corrected chi connectivity index (χ2v) is 6.21. The van der Waals surface area contributed by atoms with Gasteiger partial charge in [-0.2, -0.15) is 0 Å². The van der Waals surface area contributed by atoms with Gasteiger partial charge in [0.1, 0.15) is 11.5 Å². The molecule has 0 aliphatic carbocycles. The van der Waals surface area contributed by atoms with Gasteiger partial charge in [-0.1, -0.05) is 0 Å². The van der Waals surface area contributed by atoms with Crippen molar-refractivity contribution in [2.24, 2.45) is 5.92 Å². The van der Waals surface area contributed by atoms with E-state index < -0.39 is 0 Å². The number of rotatable bonds is 8. The van der Waals surface area contributed by atoms with Gasteiger partial charge in [-0.25, -0.2) is 0 Å². The average molecular weight is 334 g/mol. The van der Waals surface area contributed by atoms with Crippen molar-refractivity contribution in [1.29, 1.82) is 0 Å². The number of nitrogens with zero attached hydrogens (tertiary/aromatic N) is 1. The smallest absolute Gasteiger partial charge is 0.225 e. The van der Waals surface area contributed by atoms with Crippen LogP contribution < -0.4 is 14.8 Å². The Labute approximate surface area is 143 Å². The first kappa shape index (κ1) is 18.1. The molecule has 2 amide bonds. The van der Waals surface area contributed by atoms with E-state index in [4.69, 9.17) is 9.47 Å². The van der Waals surface area contributed by atoms with Gasteiger partial charge in [0.05, 0.1) is 19.6 Å². The lowest BCUT2D eigenvalue weighted by Crippen LogP contribution is -2.36. The van der Waals surface area contributed by atoms with E-state index in [1.807, 2.05) is 38.1 Å². The Morgan fingerprint density at radius 2 is 1.96 bits per heavy atom. The summed E-state index contributed by atoms with van der Waals surface area (Å²) in [5.41, 5.74) is 0. The summed E-state index contributed by atoms with van der Waals surface area (Å²) >= 11 is 0. The number of ether oxygens (including phenoxy) is 2. The first-order valence-corrected chi connectivity index (χ1v) is 8.35. The second-order valence-electron chi connectivity index (χ2n) is 6.21. The zero-order chi connectivity index (χ0) is 17.5. The van der Waals surface area contributed by atoms with Gasteiger partial charge in [0.25, 0.3) is 0 Å². The zero-order valence-corrected chi connectivity index (χ0v) is 14.6. The summed E-state index contributed by atoms with van der Waals surface area (Å²) in [5.74, 6) is 1.35. The fourth-order valence-corrected chi connectivity index (χ4v) is 2.70. The standard InChI is InChI=1S/C18H26N2O4/c1-13(2)20-12-14(11-17(20)21)18(22)19-9-4-10-24-16-7-5-15(23-3)6-8-16/h5-8,13-14H,4,9-12H2,1-3H3,(H,19,22). The van der Waals surface area contributed by atoms with Crippen molar-refractivity contribution >= 4 is 11.8 Å². The highest BCUT2D eigenvalue weighted by Gasteiger charge is 2.35. The van der Waals surface area contributed by atoms with Crippen molar-refractivity contribution in [2.45, 2.75) is 32.7 Å². The van der Waals surface area contributed by atoms with Crippen LogP contribution in [0.1, 0.15) is 26.7 Å². The Balaban J connectivity index is 1.63. The molecular formula is C18H26N2O4. The summed E-state index contributed by atoms with van der Waals surface area (Å²) in [4.78, 5) is 25.7. The molecule has 1 heterocycles. The predicted molar refractivity (Wildman–Crippen MR) is 91.1 cm³/mol. The van der Waals surface area contributed by atoms with Crippen molar-refractivity contribution < 1.29 is 19.1 Å². The lowest BCUT2D eigenvalue weighted by atomic mass is 10.1. The molecule has 24 heavy (non-hydrogen) atoms. The maximum atomic E-state index is 12.1. The Morgan fingerprint density at radius 1 is 1.29 bits per heavy atom. The average Bonchev–Trinajstić information content (AvgIpc) is 2.97. The molecule has 0 aromatic heterocycles. The number of likely N-dealkylation sites (tertiary alicyclic amines) is 1. The van der Waals surface area contributed by atoms with E-state index in [2.05, 4.69) is 5.32 Å². The molecule has 132 valence electrons. The van der Waals surface area contributed by atoms with Gasteiger partial charge in [0.15, 0.2) is 0 Å². The van der Waals surface area contributed by atoms with Gasteiger partial charge in [0.2, 0.25) is 11.8 Å². The van der Waals surface area contributed by atoms with E-state index in [9.17, 15) is 9.59 Å². The third kappa shape index (κ3) is 4.88. The quantitative estimate of drug-likeness (QED) is 0.737. The molecule has 1 aliphatic heterocycles. The van der Waals surface area contributed by atoms with Crippen LogP contribution in [0.25, 0.3) is 0 Å². The highest BCUT2D eigenvalue weighted by atomic mass is 16.5. The molecule has 1 saturated heterocycles. The van der Waals surface area contributed by atoms with E-state index in [0.717, 1.165) is 11.5 Å². The summed E-state index contributed by atoms with van der Waals surface area (Å²) in [7, 11) is 1.62. The normalized spacial score (nSPS) is 17.2. The van der Waals surface area contributed by atoms with Crippen LogP contribution >= 0.6 is 0 Å². The number of carbonyl (C=O) groups is 2. The number of hydrogen-bond acceptors (Lipinski definition) is 4. The molecule has 1 N–H and O–H groups in total. The molecular weight excluding hydrogens is 308 g/mol. The number of hydrogen-bond donors (Lipinski definition) is 1. The highest BCUT2D eigenvalue weighted by Crippen LogP contribution is 2.20. The van der Waals surface area contributed by atoms with Crippen molar-refractivity contribution in [2.75, 3.05) is 26.8 Å². The van der Waals surface area contributed by atoms with Crippen molar-refractivity contribution in [3.05, 3.63) is 24.3 Å². The fraction of sp³-hybridized carbons (Fsp3) is 0.556. The van der Waals surface area contributed by atoms with Crippen LogP contribution in [0.5, 0.6) is 11.5 Å². The minimum Gasteiger partial charge on any atom is -0.497 e. The molecule has 6 nitrogen and oxygen atoms in total. The van der Waals surface area contributed by atoms with Gasteiger partial charge in [0, 0.05) is 25.6 Å². The monoisotopic (exact) mass is 334 g/mol. The maximum Gasteiger partial charge on any atom is 0.225 e. The molecule has 1 aromatic rings. The highest BCUT2D eigenvalue weighted by molar-refractivity contribution is 5.89. The molecule has 1 atom stereocenters. The third-order valence-electron chi connectivity index (χ3n) is 4.10. The first-order valence-electron chi connectivity index (χ1n) is 8.35. The lowest BCUT2D eigenvalue weighted by molar-refractivity contribution is -0.129. The van der Waals surface area contributed by atoms with Crippen LogP contribution in [0, 0.1) is 5.92 Å². The van der Waals surface area contributed by atoms with Crippen molar-refractivity contribution in [1.82, 2.24) is 10.2 Å². The van der Waals surface area contributed by atoms with E-state index in [1.165, 1.54) is 0 Å². The molecule has 1 fully saturated rings. The molecule has 0 radical (unpaired) electrons. The van der Waals surface area contributed by atoms with E-state index >= 15 is 0 Å². The number of benzene rings is 1. The predicted octanol–water partition coefficient (Wildman–Crippen LogP) is 1.84. The van der Waals surface area contributed by atoms with Crippen molar-refractivity contribution in [3.63, 3.8) is 0 Å². The van der Waals surface area contributed by atoms with Gasteiger partial charge < -0.3 is 19.7 Å². The Morgan fingerprint density at radius 3 is 2.54 bits per heavy atom. The number of carbonyl (C=O) groups excluding carboxylic acids is 2. The molecule has 1 aliphatic rings. The van der Waals surface area contributed by atoms with Gasteiger partial charge >= 0.3 is 0 Å². The largest absolute Gasteiger partial charge is 0.497 e. The van der Waals surface area contributed by atoms with Crippen LogP contribution in [0.4, 0.5) is 0 Å². The lowest BCUT2D eigenvalue weighted by Gasteiger charge is -2.20. The maximum absolute atomic E-state index is 12.1. The summed E-state index contributed by atoms with van der Waals surface area (Å²) in [5, 5.41) is 2.89. The van der Waals surface area contributed by atoms with Crippen molar-refractivity contribution in [3.8, 4) is 11.5 Å². The van der Waals surface area contributed by atoms with Crippen LogP contribution in [0.3, 0.4) is 0 Å². The third-order valence-corrected chi connectivity index (χ3v) is 4.10. The topological polar surface area (TPSA) is 67.9 Å². The number of amides is 2. The number of nitrogens with one attached hydrogen (secondary N) is 1. The van der Waals surface area contributed by atoms with Gasteiger partial charge in [-0.3, -0.25) is 9.59 Å².